The Labute approximate surface area is 48.3 Å². The fraction of sp³-hybridized carbons (Fsp3) is 0.800. The Kier molecular flexibility index (Phi) is 1.72. The molecule has 1 heterocycles. The van der Waals surface area contributed by atoms with E-state index in [1.54, 1.807) is 7.11 Å². The average molecular weight is 115 g/mol. The molecule has 0 bridgehead atoms. The van der Waals surface area contributed by atoms with Crippen LogP contribution in [0.4, 0.5) is 0 Å². The molecule has 3 heteroatoms. The summed E-state index contributed by atoms with van der Waals surface area (Å²) in [6.45, 7) is 1.58. The van der Waals surface area contributed by atoms with Crippen LogP contribution >= 0.6 is 0 Å². The highest BCUT2D eigenvalue weighted by molar-refractivity contribution is 5.66. The quantitative estimate of drug-likeness (QED) is 0.457. The van der Waals surface area contributed by atoms with Crippen molar-refractivity contribution in [2.45, 2.75) is 6.42 Å². The van der Waals surface area contributed by atoms with E-state index in [4.69, 9.17) is 9.47 Å². The van der Waals surface area contributed by atoms with Crippen molar-refractivity contribution in [1.29, 1.82) is 0 Å². The van der Waals surface area contributed by atoms with E-state index in [1.165, 1.54) is 0 Å². The van der Waals surface area contributed by atoms with Crippen molar-refractivity contribution in [3.05, 3.63) is 0 Å². The Morgan fingerprint density at radius 1 is 1.75 bits per heavy atom. The molecule has 1 aliphatic heterocycles. The van der Waals surface area contributed by atoms with Gasteiger partial charge in [0.2, 0.25) is 0 Å². The number of rotatable bonds is 0. The molecule has 0 aromatic carbocycles. The van der Waals surface area contributed by atoms with E-state index in [-0.39, 0.29) is 0 Å². The molecule has 46 valence electrons. The van der Waals surface area contributed by atoms with Crippen LogP contribution in [0.15, 0.2) is 4.99 Å². The zero-order valence-electron chi connectivity index (χ0n) is 4.89. The van der Waals surface area contributed by atoms with Crippen molar-refractivity contribution in [3.63, 3.8) is 0 Å². The third-order valence-corrected chi connectivity index (χ3v) is 0.944. The number of ether oxygens (including phenoxy) is 2. The SMILES string of the molecule is COC1=NCCCO1. The molecule has 3 nitrogen and oxygen atoms in total. The molecule has 0 radical (unpaired) electrons. The van der Waals surface area contributed by atoms with Crippen LogP contribution < -0.4 is 0 Å². The van der Waals surface area contributed by atoms with Gasteiger partial charge in [0, 0.05) is 13.0 Å². The molecule has 0 aromatic rings. The van der Waals surface area contributed by atoms with Crippen molar-refractivity contribution in [1.82, 2.24) is 0 Å². The number of nitrogens with zero attached hydrogens (tertiary/aromatic N) is 1. The Balaban J connectivity index is 2.37. The Morgan fingerprint density at radius 2 is 2.62 bits per heavy atom. The minimum absolute atomic E-state index is 0.427. The predicted molar refractivity (Wildman–Crippen MR) is 29.9 cm³/mol. The second-order valence-corrected chi connectivity index (χ2v) is 1.55. The second kappa shape index (κ2) is 2.55. The highest BCUT2D eigenvalue weighted by Crippen LogP contribution is 1.95. The molecule has 0 spiro atoms. The lowest BCUT2D eigenvalue weighted by Gasteiger charge is -2.10. The third kappa shape index (κ3) is 1.12. The van der Waals surface area contributed by atoms with E-state index in [9.17, 15) is 0 Å². The highest BCUT2D eigenvalue weighted by atomic mass is 16.7. The number of aliphatic imine (C=N–C) groups is 1. The monoisotopic (exact) mass is 115 g/mol. The first-order valence-electron chi connectivity index (χ1n) is 2.65. The Morgan fingerprint density at radius 3 is 3.00 bits per heavy atom. The van der Waals surface area contributed by atoms with Gasteiger partial charge in [0.1, 0.15) is 0 Å². The molecular formula is C5H9NO2. The Hall–Kier alpha value is -0.730. The lowest BCUT2D eigenvalue weighted by molar-refractivity contribution is 0.180. The van der Waals surface area contributed by atoms with Crippen LogP contribution in [0.3, 0.4) is 0 Å². The summed E-state index contributed by atoms with van der Waals surface area (Å²) in [7, 11) is 1.56. The van der Waals surface area contributed by atoms with Crippen LogP contribution in [0.25, 0.3) is 0 Å². The normalized spacial score (nSPS) is 18.9. The summed E-state index contributed by atoms with van der Waals surface area (Å²) >= 11 is 0. The fourth-order valence-electron chi connectivity index (χ4n) is 0.563. The van der Waals surface area contributed by atoms with Gasteiger partial charge in [-0.1, -0.05) is 0 Å². The molecule has 0 saturated heterocycles. The van der Waals surface area contributed by atoms with Gasteiger partial charge in [-0.15, -0.1) is 0 Å². The predicted octanol–water partition coefficient (Wildman–Crippen LogP) is 0.409. The maximum Gasteiger partial charge on any atom is 0.383 e. The zero-order valence-corrected chi connectivity index (χ0v) is 4.89. The van der Waals surface area contributed by atoms with Crippen LogP contribution in [0, 0.1) is 0 Å². The first-order valence-corrected chi connectivity index (χ1v) is 2.65. The molecule has 0 N–H and O–H groups in total. The zero-order chi connectivity index (χ0) is 5.82. The van der Waals surface area contributed by atoms with Crippen LogP contribution in [0.5, 0.6) is 0 Å². The molecule has 8 heavy (non-hydrogen) atoms. The summed E-state index contributed by atoms with van der Waals surface area (Å²) in [6, 6.07) is 0. The van der Waals surface area contributed by atoms with Gasteiger partial charge in [0.25, 0.3) is 0 Å². The van der Waals surface area contributed by atoms with Crippen LogP contribution in [-0.4, -0.2) is 26.3 Å². The summed E-state index contributed by atoms with van der Waals surface area (Å²) in [5, 5.41) is 0. The fourth-order valence-corrected chi connectivity index (χ4v) is 0.563. The maximum atomic E-state index is 4.95. The van der Waals surface area contributed by atoms with Gasteiger partial charge in [-0.3, -0.25) is 0 Å². The molecule has 0 saturated carbocycles. The molecule has 0 aliphatic carbocycles. The van der Waals surface area contributed by atoms with Gasteiger partial charge < -0.3 is 9.47 Å². The standard InChI is InChI=1S/C5H9NO2/c1-7-5-6-3-2-4-8-5/h2-4H2,1H3. The summed E-state index contributed by atoms with van der Waals surface area (Å²) in [6.07, 6.45) is 1.43. The van der Waals surface area contributed by atoms with Gasteiger partial charge in [0.15, 0.2) is 0 Å². The number of hydrogen-bond donors (Lipinski definition) is 0. The van der Waals surface area contributed by atoms with E-state index in [0.29, 0.717) is 6.08 Å². The summed E-state index contributed by atoms with van der Waals surface area (Å²) in [5.74, 6) is 0. The van der Waals surface area contributed by atoms with Crippen molar-refractivity contribution >= 4 is 6.08 Å². The van der Waals surface area contributed by atoms with Gasteiger partial charge in [-0.25, -0.2) is 4.99 Å². The molecule has 0 atom stereocenters. The topological polar surface area (TPSA) is 30.8 Å². The molecule has 0 amide bonds. The molecule has 0 aromatic heterocycles. The number of hydrogen-bond acceptors (Lipinski definition) is 3. The molecule has 1 aliphatic rings. The first kappa shape index (κ1) is 5.41. The van der Waals surface area contributed by atoms with E-state index < -0.39 is 0 Å². The lowest BCUT2D eigenvalue weighted by Crippen LogP contribution is -2.14. The molecule has 1 rings (SSSR count). The molecule has 0 fully saturated rings. The van der Waals surface area contributed by atoms with Gasteiger partial charge in [0.05, 0.1) is 13.7 Å². The smallest absolute Gasteiger partial charge is 0.383 e. The summed E-state index contributed by atoms with van der Waals surface area (Å²) in [5.41, 5.74) is 0. The van der Waals surface area contributed by atoms with Crippen LogP contribution in [-0.2, 0) is 9.47 Å². The van der Waals surface area contributed by atoms with E-state index in [1.807, 2.05) is 0 Å². The maximum absolute atomic E-state index is 4.95. The van der Waals surface area contributed by atoms with Crippen molar-refractivity contribution in [3.8, 4) is 0 Å². The van der Waals surface area contributed by atoms with Crippen LogP contribution in [0.1, 0.15) is 6.42 Å². The van der Waals surface area contributed by atoms with Gasteiger partial charge in [-0.05, 0) is 0 Å². The largest absolute Gasteiger partial charge is 0.454 e. The highest BCUT2D eigenvalue weighted by Gasteiger charge is 2.02. The lowest BCUT2D eigenvalue weighted by atomic mass is 10.4. The second-order valence-electron chi connectivity index (χ2n) is 1.55. The first-order chi connectivity index (χ1) is 3.93. The van der Waals surface area contributed by atoms with Gasteiger partial charge >= 0.3 is 6.08 Å². The molecular weight excluding hydrogens is 106 g/mol. The Bertz CT molecular complexity index is 101. The average Bonchev–Trinajstić information content (AvgIpc) is 1.90. The van der Waals surface area contributed by atoms with Crippen molar-refractivity contribution in [2.24, 2.45) is 4.99 Å². The minimum Gasteiger partial charge on any atom is -0.454 e. The van der Waals surface area contributed by atoms with Crippen molar-refractivity contribution in [2.75, 3.05) is 20.3 Å². The third-order valence-electron chi connectivity index (χ3n) is 0.944. The number of methoxy groups -OCH3 is 1. The minimum atomic E-state index is 0.427. The van der Waals surface area contributed by atoms with E-state index in [0.717, 1.165) is 19.6 Å². The summed E-state index contributed by atoms with van der Waals surface area (Å²) in [4.78, 5) is 3.92. The van der Waals surface area contributed by atoms with Crippen molar-refractivity contribution < 1.29 is 9.47 Å². The van der Waals surface area contributed by atoms with Crippen LogP contribution in [0.2, 0.25) is 0 Å². The molecule has 0 unspecified atom stereocenters. The van der Waals surface area contributed by atoms with E-state index >= 15 is 0 Å². The van der Waals surface area contributed by atoms with Gasteiger partial charge in [-0.2, -0.15) is 0 Å². The van der Waals surface area contributed by atoms with E-state index in [2.05, 4.69) is 4.99 Å². The summed E-state index contributed by atoms with van der Waals surface area (Å²) < 4.78 is 9.67.